The van der Waals surface area contributed by atoms with Crippen molar-refractivity contribution in [1.29, 1.82) is 0 Å². The zero-order valence-electron chi connectivity index (χ0n) is 11.1. The molecule has 0 aliphatic carbocycles. The number of nitrogens with two attached hydrogens (primary N) is 1. The minimum Gasteiger partial charge on any atom is -0.395 e. The van der Waals surface area contributed by atoms with E-state index >= 15 is 0 Å². The summed E-state index contributed by atoms with van der Waals surface area (Å²) in [6.45, 7) is 6.33. The fourth-order valence-electron chi connectivity index (χ4n) is 1.92. The molecular weight excluding hydrogens is 222 g/mol. The van der Waals surface area contributed by atoms with Crippen LogP contribution < -0.4 is 5.73 Å². The van der Waals surface area contributed by atoms with E-state index in [-0.39, 0.29) is 0 Å². The normalized spacial score (nSPS) is 12.4. The predicted octanol–water partition coefficient (Wildman–Crippen LogP) is 3.55. The number of benzene rings is 1. The Balaban J connectivity index is 2.37. The van der Waals surface area contributed by atoms with Gasteiger partial charge in [0, 0.05) is 5.56 Å². The molecule has 1 heterocycles. The highest BCUT2D eigenvalue weighted by atomic mass is 14.9. The van der Waals surface area contributed by atoms with Crippen LogP contribution in [0.4, 0.5) is 5.69 Å². The van der Waals surface area contributed by atoms with E-state index in [2.05, 4.69) is 48.1 Å². The number of anilines is 1. The van der Waals surface area contributed by atoms with Gasteiger partial charge in [0.1, 0.15) is 6.33 Å². The van der Waals surface area contributed by atoms with E-state index in [4.69, 9.17) is 5.73 Å². The van der Waals surface area contributed by atoms with Gasteiger partial charge in [-0.3, -0.25) is 0 Å². The Morgan fingerprint density at radius 2 is 1.83 bits per heavy atom. The van der Waals surface area contributed by atoms with Crippen LogP contribution in [0.2, 0.25) is 0 Å². The molecule has 94 valence electrons. The predicted molar refractivity (Wildman–Crippen MR) is 75.3 cm³/mol. The first kappa shape index (κ1) is 12.6. The van der Waals surface area contributed by atoms with Crippen LogP contribution >= 0.6 is 0 Å². The van der Waals surface area contributed by atoms with Gasteiger partial charge in [0.2, 0.25) is 0 Å². The molecule has 3 nitrogen and oxygen atoms in total. The molecule has 2 aromatic rings. The van der Waals surface area contributed by atoms with E-state index in [0.29, 0.717) is 11.6 Å². The Kier molecular flexibility index (Phi) is 3.60. The Labute approximate surface area is 108 Å². The fourth-order valence-corrected chi connectivity index (χ4v) is 1.92. The minimum atomic E-state index is 0.587. The molecule has 2 rings (SSSR count). The van der Waals surface area contributed by atoms with Crippen LogP contribution in [-0.4, -0.2) is 9.97 Å². The van der Waals surface area contributed by atoms with E-state index in [0.717, 1.165) is 23.4 Å². The van der Waals surface area contributed by atoms with E-state index < -0.39 is 0 Å². The third kappa shape index (κ3) is 2.35. The molecule has 0 fully saturated rings. The van der Waals surface area contributed by atoms with Crippen molar-refractivity contribution in [2.24, 2.45) is 0 Å². The van der Waals surface area contributed by atoms with Gasteiger partial charge in [-0.1, -0.05) is 38.1 Å². The third-order valence-corrected chi connectivity index (χ3v) is 3.45. The summed E-state index contributed by atoms with van der Waals surface area (Å²) in [4.78, 5) is 8.36. The number of aryl methyl sites for hydroxylation is 1. The molecule has 3 heteroatoms. The summed E-state index contributed by atoms with van der Waals surface area (Å²) >= 11 is 0. The highest BCUT2D eigenvalue weighted by molar-refractivity contribution is 5.73. The van der Waals surface area contributed by atoms with Crippen molar-refractivity contribution < 1.29 is 0 Å². The number of rotatable bonds is 3. The summed E-state index contributed by atoms with van der Waals surface area (Å²) in [5.41, 5.74) is 10.7. The quantitative estimate of drug-likeness (QED) is 0.894. The van der Waals surface area contributed by atoms with Gasteiger partial charge in [-0.15, -0.1) is 0 Å². The van der Waals surface area contributed by atoms with Gasteiger partial charge >= 0.3 is 0 Å². The number of nitrogens with zero attached hydrogens (tertiary/aromatic N) is 2. The lowest BCUT2D eigenvalue weighted by molar-refractivity contribution is 0.734. The molecule has 1 atom stereocenters. The maximum Gasteiger partial charge on any atom is 0.116 e. The summed E-state index contributed by atoms with van der Waals surface area (Å²) in [6.07, 6.45) is 2.71. The minimum absolute atomic E-state index is 0.587. The molecule has 0 aliphatic heterocycles. The average Bonchev–Trinajstić information content (AvgIpc) is 2.41. The zero-order valence-corrected chi connectivity index (χ0v) is 11.1. The molecule has 0 aliphatic rings. The molecule has 0 bridgehead atoms. The molecular formula is C15H19N3. The first-order valence-corrected chi connectivity index (χ1v) is 6.31. The summed E-state index contributed by atoms with van der Waals surface area (Å²) in [7, 11) is 0. The van der Waals surface area contributed by atoms with Crippen molar-refractivity contribution in [3.05, 3.63) is 41.9 Å². The number of aromatic nitrogens is 2. The maximum absolute atomic E-state index is 6.01. The van der Waals surface area contributed by atoms with Gasteiger partial charge in [-0.25, -0.2) is 9.97 Å². The topological polar surface area (TPSA) is 51.8 Å². The highest BCUT2D eigenvalue weighted by Crippen LogP contribution is 2.27. The lowest BCUT2D eigenvalue weighted by atomic mass is 9.97. The van der Waals surface area contributed by atoms with Crippen LogP contribution in [0.25, 0.3) is 11.3 Å². The molecule has 0 radical (unpaired) electrons. The van der Waals surface area contributed by atoms with E-state index in [1.165, 1.54) is 5.56 Å². The van der Waals surface area contributed by atoms with Crippen LogP contribution in [0.5, 0.6) is 0 Å². The van der Waals surface area contributed by atoms with Crippen LogP contribution in [0.3, 0.4) is 0 Å². The first-order valence-electron chi connectivity index (χ1n) is 6.31. The average molecular weight is 241 g/mol. The van der Waals surface area contributed by atoms with Crippen molar-refractivity contribution in [2.75, 3.05) is 5.73 Å². The van der Waals surface area contributed by atoms with Crippen molar-refractivity contribution >= 4 is 5.69 Å². The Bertz CT molecular complexity index is 532. The largest absolute Gasteiger partial charge is 0.395 e. The van der Waals surface area contributed by atoms with Crippen molar-refractivity contribution in [2.45, 2.75) is 33.1 Å². The third-order valence-electron chi connectivity index (χ3n) is 3.45. The first-order chi connectivity index (χ1) is 8.63. The highest BCUT2D eigenvalue weighted by Gasteiger charge is 2.08. The molecule has 18 heavy (non-hydrogen) atoms. The molecule has 0 spiro atoms. The maximum atomic E-state index is 6.01. The summed E-state index contributed by atoms with van der Waals surface area (Å²) < 4.78 is 0. The van der Waals surface area contributed by atoms with Crippen LogP contribution in [0.1, 0.15) is 37.4 Å². The molecule has 0 saturated heterocycles. The van der Waals surface area contributed by atoms with E-state index in [9.17, 15) is 0 Å². The van der Waals surface area contributed by atoms with E-state index in [1.807, 2.05) is 6.92 Å². The van der Waals surface area contributed by atoms with Crippen molar-refractivity contribution in [1.82, 2.24) is 9.97 Å². The van der Waals surface area contributed by atoms with Crippen LogP contribution in [0, 0.1) is 6.92 Å². The fraction of sp³-hybridized carbons (Fsp3) is 0.333. The molecule has 2 N–H and O–H groups in total. The second-order valence-electron chi connectivity index (χ2n) is 4.65. The van der Waals surface area contributed by atoms with Gasteiger partial charge in [-0.2, -0.15) is 0 Å². The second kappa shape index (κ2) is 5.17. The van der Waals surface area contributed by atoms with Crippen LogP contribution in [0.15, 0.2) is 30.6 Å². The summed E-state index contributed by atoms with van der Waals surface area (Å²) in [5.74, 6) is 0.587. The number of hydrogen-bond donors (Lipinski definition) is 1. The van der Waals surface area contributed by atoms with Gasteiger partial charge in [0.15, 0.2) is 0 Å². The molecule has 1 aromatic carbocycles. The van der Waals surface area contributed by atoms with E-state index in [1.54, 1.807) is 6.33 Å². The van der Waals surface area contributed by atoms with Gasteiger partial charge < -0.3 is 5.73 Å². The van der Waals surface area contributed by atoms with Gasteiger partial charge in [-0.05, 0) is 24.8 Å². The van der Waals surface area contributed by atoms with Crippen LogP contribution in [-0.2, 0) is 0 Å². The SMILES string of the molecule is CCC(C)c1ccc(-c2ncnc(C)c2N)cc1. The van der Waals surface area contributed by atoms with Crippen molar-refractivity contribution in [3.63, 3.8) is 0 Å². The Hall–Kier alpha value is -1.90. The lowest BCUT2D eigenvalue weighted by Gasteiger charge is -2.11. The summed E-state index contributed by atoms with van der Waals surface area (Å²) in [5, 5.41) is 0. The molecule has 0 saturated carbocycles. The molecule has 1 aromatic heterocycles. The smallest absolute Gasteiger partial charge is 0.116 e. The zero-order chi connectivity index (χ0) is 13.1. The summed E-state index contributed by atoms with van der Waals surface area (Å²) in [6, 6.07) is 8.47. The molecule has 1 unspecified atom stereocenters. The standard InChI is InChI=1S/C15H19N3/c1-4-10(2)12-5-7-13(8-6-12)15-14(16)11(3)17-9-18-15/h5-10H,4,16H2,1-3H3. The Morgan fingerprint density at radius 1 is 1.17 bits per heavy atom. The second-order valence-corrected chi connectivity index (χ2v) is 4.65. The van der Waals surface area contributed by atoms with Crippen molar-refractivity contribution in [3.8, 4) is 11.3 Å². The monoisotopic (exact) mass is 241 g/mol. The lowest BCUT2D eigenvalue weighted by Crippen LogP contribution is -1.99. The van der Waals surface area contributed by atoms with Gasteiger partial charge in [0.25, 0.3) is 0 Å². The Morgan fingerprint density at radius 3 is 2.44 bits per heavy atom. The number of nitrogen functional groups attached to an aromatic ring is 1. The number of hydrogen-bond acceptors (Lipinski definition) is 3. The molecule has 0 amide bonds. The van der Waals surface area contributed by atoms with Gasteiger partial charge in [0.05, 0.1) is 17.1 Å².